The van der Waals surface area contributed by atoms with Gasteiger partial charge in [0.1, 0.15) is 0 Å². The predicted octanol–water partition coefficient (Wildman–Crippen LogP) is 4.93. The molecule has 5 heteroatoms. The van der Waals surface area contributed by atoms with Gasteiger partial charge in [-0.25, -0.2) is 4.98 Å². The van der Waals surface area contributed by atoms with Gasteiger partial charge < -0.3 is 5.32 Å². The summed E-state index contributed by atoms with van der Waals surface area (Å²) in [4.78, 5) is 4.53. The molecule has 2 heterocycles. The lowest BCUT2D eigenvalue weighted by Crippen LogP contribution is -1.98. The molecule has 0 aliphatic carbocycles. The number of aromatic nitrogens is 1. The molecule has 0 aliphatic rings. The van der Waals surface area contributed by atoms with Crippen LogP contribution in [0.4, 0.5) is 5.13 Å². The van der Waals surface area contributed by atoms with Gasteiger partial charge in [0.25, 0.3) is 0 Å². The largest absolute Gasteiger partial charge is 0.357 e. The van der Waals surface area contributed by atoms with Crippen LogP contribution in [0, 0.1) is 6.92 Å². The number of hydrogen-bond donors (Lipinski definition) is 1. The van der Waals surface area contributed by atoms with Gasteiger partial charge >= 0.3 is 0 Å². The van der Waals surface area contributed by atoms with Crippen LogP contribution in [0.5, 0.6) is 0 Å². The van der Waals surface area contributed by atoms with Gasteiger partial charge in [-0.15, -0.1) is 0 Å². The van der Waals surface area contributed by atoms with E-state index in [0.29, 0.717) is 0 Å². The van der Waals surface area contributed by atoms with Crippen molar-refractivity contribution in [3.05, 3.63) is 45.1 Å². The average molecular weight is 295 g/mol. The molecule has 0 saturated carbocycles. The summed E-state index contributed by atoms with van der Waals surface area (Å²) in [6.45, 7) is 2.95. The first-order valence-electron chi connectivity index (χ1n) is 5.54. The molecule has 0 amide bonds. The summed E-state index contributed by atoms with van der Waals surface area (Å²) in [7, 11) is 0. The maximum Gasteiger partial charge on any atom is 0.184 e. The second-order valence-corrected chi connectivity index (χ2v) is 6.28. The predicted molar refractivity (Wildman–Crippen MR) is 81.0 cm³/mol. The van der Waals surface area contributed by atoms with E-state index in [1.165, 1.54) is 11.1 Å². The first kappa shape index (κ1) is 12.0. The van der Waals surface area contributed by atoms with Gasteiger partial charge in [0.05, 0.1) is 10.2 Å². The van der Waals surface area contributed by atoms with Gasteiger partial charge in [0, 0.05) is 11.6 Å². The third-order valence-corrected chi connectivity index (χ3v) is 4.88. The van der Waals surface area contributed by atoms with Crippen molar-refractivity contribution < 1.29 is 0 Å². The highest BCUT2D eigenvalue weighted by atomic mass is 35.5. The Kier molecular flexibility index (Phi) is 3.24. The molecule has 3 aromatic rings. The van der Waals surface area contributed by atoms with Gasteiger partial charge in [0.2, 0.25) is 0 Å². The van der Waals surface area contributed by atoms with Crippen LogP contribution < -0.4 is 5.32 Å². The van der Waals surface area contributed by atoms with Gasteiger partial charge in [-0.05, 0) is 47.0 Å². The van der Waals surface area contributed by atoms with Gasteiger partial charge in [-0.3, -0.25) is 0 Å². The summed E-state index contributed by atoms with van der Waals surface area (Å²) in [6, 6.07) is 5.81. The Hall–Kier alpha value is -1.10. The van der Waals surface area contributed by atoms with Crippen molar-refractivity contribution >= 4 is 49.6 Å². The lowest BCUT2D eigenvalue weighted by Gasteiger charge is -2.00. The van der Waals surface area contributed by atoms with E-state index in [2.05, 4.69) is 28.0 Å². The van der Waals surface area contributed by atoms with Crippen molar-refractivity contribution in [3.8, 4) is 0 Å². The SMILES string of the molecule is Cc1cscc1CNc1nc2cc(Cl)ccc2s1. The number of thiazole rings is 1. The lowest BCUT2D eigenvalue weighted by atomic mass is 10.2. The summed E-state index contributed by atoms with van der Waals surface area (Å²) < 4.78 is 1.16. The van der Waals surface area contributed by atoms with Crippen LogP contribution in [0.3, 0.4) is 0 Å². The summed E-state index contributed by atoms with van der Waals surface area (Å²) in [5.41, 5.74) is 3.62. The molecular weight excluding hydrogens is 284 g/mol. The molecular formula is C13H11ClN2S2. The number of fused-ring (bicyclic) bond motifs is 1. The third-order valence-electron chi connectivity index (χ3n) is 2.74. The Bertz CT molecular complexity index is 687. The molecule has 18 heavy (non-hydrogen) atoms. The van der Waals surface area contributed by atoms with Gasteiger partial charge in [0.15, 0.2) is 5.13 Å². The molecule has 92 valence electrons. The van der Waals surface area contributed by atoms with Crippen LogP contribution in [0.2, 0.25) is 5.02 Å². The number of aryl methyl sites for hydroxylation is 1. The van der Waals surface area contributed by atoms with Crippen molar-refractivity contribution in [2.75, 3.05) is 5.32 Å². The zero-order valence-corrected chi connectivity index (χ0v) is 12.1. The van der Waals surface area contributed by atoms with Crippen LogP contribution in [0.25, 0.3) is 10.2 Å². The number of anilines is 1. The number of halogens is 1. The molecule has 3 rings (SSSR count). The second kappa shape index (κ2) is 4.88. The van der Waals surface area contributed by atoms with E-state index in [9.17, 15) is 0 Å². The van der Waals surface area contributed by atoms with Crippen LogP contribution in [-0.4, -0.2) is 4.98 Å². The number of thiophene rings is 1. The van der Waals surface area contributed by atoms with Crippen molar-refractivity contribution in [1.29, 1.82) is 0 Å². The fourth-order valence-electron chi connectivity index (χ4n) is 1.71. The van der Waals surface area contributed by atoms with Gasteiger partial charge in [-0.2, -0.15) is 11.3 Å². The average Bonchev–Trinajstić information content (AvgIpc) is 2.92. The third kappa shape index (κ3) is 2.36. The van der Waals surface area contributed by atoms with E-state index in [-0.39, 0.29) is 0 Å². The Morgan fingerprint density at radius 3 is 3.00 bits per heavy atom. The molecule has 0 radical (unpaired) electrons. The molecule has 0 saturated heterocycles. The molecule has 0 spiro atoms. The highest BCUT2D eigenvalue weighted by Crippen LogP contribution is 2.28. The number of rotatable bonds is 3. The normalized spacial score (nSPS) is 11.0. The van der Waals surface area contributed by atoms with Crippen molar-refractivity contribution in [3.63, 3.8) is 0 Å². The van der Waals surface area contributed by atoms with E-state index in [4.69, 9.17) is 11.6 Å². The molecule has 0 atom stereocenters. The highest BCUT2D eigenvalue weighted by molar-refractivity contribution is 7.22. The maximum absolute atomic E-state index is 5.95. The molecule has 2 aromatic heterocycles. The van der Waals surface area contributed by atoms with Crippen LogP contribution in [-0.2, 0) is 6.54 Å². The van der Waals surface area contributed by atoms with Gasteiger partial charge in [-0.1, -0.05) is 22.9 Å². The molecule has 2 nitrogen and oxygen atoms in total. The Morgan fingerprint density at radius 2 is 2.22 bits per heavy atom. The molecule has 1 N–H and O–H groups in total. The Balaban J connectivity index is 1.81. The quantitative estimate of drug-likeness (QED) is 0.741. The number of nitrogens with zero attached hydrogens (tertiary/aromatic N) is 1. The minimum Gasteiger partial charge on any atom is -0.357 e. The number of hydrogen-bond acceptors (Lipinski definition) is 4. The van der Waals surface area contributed by atoms with E-state index in [1.807, 2.05) is 18.2 Å². The van der Waals surface area contributed by atoms with Crippen molar-refractivity contribution in [1.82, 2.24) is 4.98 Å². The second-order valence-electron chi connectivity index (χ2n) is 4.06. The van der Waals surface area contributed by atoms with Crippen LogP contribution >= 0.6 is 34.3 Å². The fourth-order valence-corrected chi connectivity index (χ4v) is 3.58. The molecule has 0 aliphatic heterocycles. The van der Waals surface area contributed by atoms with E-state index in [0.717, 1.165) is 26.9 Å². The van der Waals surface area contributed by atoms with E-state index in [1.54, 1.807) is 22.7 Å². The monoisotopic (exact) mass is 294 g/mol. The topological polar surface area (TPSA) is 24.9 Å². The van der Waals surface area contributed by atoms with E-state index < -0.39 is 0 Å². The first-order valence-corrected chi connectivity index (χ1v) is 7.68. The summed E-state index contributed by atoms with van der Waals surface area (Å²) >= 11 is 9.34. The minimum atomic E-state index is 0.730. The Labute approximate surface area is 118 Å². The first-order chi connectivity index (χ1) is 8.72. The zero-order valence-electron chi connectivity index (χ0n) is 9.74. The lowest BCUT2D eigenvalue weighted by molar-refractivity contribution is 1.13. The van der Waals surface area contributed by atoms with E-state index >= 15 is 0 Å². The molecule has 0 unspecified atom stereocenters. The van der Waals surface area contributed by atoms with Crippen molar-refractivity contribution in [2.24, 2.45) is 0 Å². The summed E-state index contributed by atoms with van der Waals surface area (Å²) in [5.74, 6) is 0. The Morgan fingerprint density at radius 1 is 1.33 bits per heavy atom. The zero-order chi connectivity index (χ0) is 12.5. The number of benzene rings is 1. The summed E-state index contributed by atoms with van der Waals surface area (Å²) in [6.07, 6.45) is 0. The van der Waals surface area contributed by atoms with Crippen molar-refractivity contribution in [2.45, 2.75) is 13.5 Å². The fraction of sp³-hybridized carbons (Fsp3) is 0.154. The van der Waals surface area contributed by atoms with Crippen LogP contribution in [0.15, 0.2) is 29.0 Å². The van der Waals surface area contributed by atoms with Crippen LogP contribution in [0.1, 0.15) is 11.1 Å². The molecule has 1 aromatic carbocycles. The smallest absolute Gasteiger partial charge is 0.184 e. The minimum absolute atomic E-state index is 0.730. The summed E-state index contributed by atoms with van der Waals surface area (Å²) in [5, 5.41) is 9.37. The number of nitrogens with one attached hydrogen (secondary N) is 1. The molecule has 0 bridgehead atoms. The highest BCUT2D eigenvalue weighted by Gasteiger charge is 2.05. The molecule has 0 fully saturated rings. The standard InChI is InChI=1S/C13H11ClN2S2/c1-8-6-17-7-9(8)5-15-13-16-11-4-10(14)2-3-12(11)18-13/h2-4,6-7H,5H2,1H3,(H,15,16). The maximum atomic E-state index is 5.95.